The Labute approximate surface area is 180 Å². The number of carbonyl (C=O) groups excluding carboxylic acids is 1. The number of nitrogens with one attached hydrogen (secondary N) is 1. The number of benzene rings is 1. The summed E-state index contributed by atoms with van der Waals surface area (Å²) in [5.41, 5.74) is -0.0875. The maximum atomic E-state index is 13.3. The van der Waals surface area contributed by atoms with Gasteiger partial charge in [0.05, 0.1) is 13.7 Å². The summed E-state index contributed by atoms with van der Waals surface area (Å²) in [6.45, 7) is 3.23. The van der Waals surface area contributed by atoms with Gasteiger partial charge in [0, 0.05) is 24.7 Å². The molecule has 0 aliphatic heterocycles. The highest BCUT2D eigenvalue weighted by Gasteiger charge is 2.65. The molecule has 2 aromatic heterocycles. The maximum Gasteiger partial charge on any atom is 0.310 e. The molecule has 1 N–H and O–H groups in total. The zero-order valence-corrected chi connectivity index (χ0v) is 18.1. The average molecular weight is 483 g/mol. The summed E-state index contributed by atoms with van der Waals surface area (Å²) in [6.07, 6.45) is 0.500. The molecule has 0 radical (unpaired) electrons. The summed E-state index contributed by atoms with van der Waals surface area (Å²) >= 11 is 0. The van der Waals surface area contributed by atoms with Crippen LogP contribution in [-0.4, -0.2) is 38.9 Å². The van der Waals surface area contributed by atoms with Crippen molar-refractivity contribution in [3.63, 3.8) is 0 Å². The number of methoxy groups -OCH3 is 1. The van der Waals surface area contributed by atoms with Gasteiger partial charge in [0.25, 0.3) is 0 Å². The van der Waals surface area contributed by atoms with Gasteiger partial charge in [-0.3, -0.25) is 10.2 Å². The minimum atomic E-state index is -10.1. The molecule has 0 unspecified atom stereocenters. The normalized spacial score (nSPS) is 14.1. The molecule has 0 aliphatic rings. The third-order valence-electron chi connectivity index (χ3n) is 4.49. The molecular formula is C18H22F5N5O3S. The average Bonchev–Trinajstić information content (AvgIpc) is 3.01. The third-order valence-corrected chi connectivity index (χ3v) is 5.62. The van der Waals surface area contributed by atoms with Crippen LogP contribution in [0.3, 0.4) is 0 Å². The number of aryl methyl sites for hydroxylation is 1. The highest BCUT2D eigenvalue weighted by molar-refractivity contribution is 8.45. The fraction of sp³-hybridized carbons (Fsp3) is 0.333. The van der Waals surface area contributed by atoms with Crippen LogP contribution in [0.15, 0.2) is 29.2 Å². The van der Waals surface area contributed by atoms with Crippen molar-refractivity contribution in [2.45, 2.75) is 31.7 Å². The first-order valence-electron chi connectivity index (χ1n) is 9.30. The van der Waals surface area contributed by atoms with Crippen molar-refractivity contribution < 1.29 is 35.1 Å². The topological polar surface area (TPSA) is 94.5 Å². The highest BCUT2D eigenvalue weighted by Crippen LogP contribution is 3.02. The number of nitrogens with zero attached hydrogens (tertiary/aromatic N) is 4. The van der Waals surface area contributed by atoms with Crippen molar-refractivity contribution in [3.05, 3.63) is 41.0 Å². The van der Waals surface area contributed by atoms with E-state index in [1.54, 1.807) is 13.0 Å². The SMILES string of the molecule is CCOc1cc(CC)c2nn(CC(=O)c3cc(OC)cc(S(F)(F)(F)(F)F)c3)c(=N)n2n1.[HH]. The number of ether oxygens (including phenoxy) is 2. The van der Waals surface area contributed by atoms with Gasteiger partial charge in [0.2, 0.25) is 11.5 Å². The fourth-order valence-corrected chi connectivity index (χ4v) is 3.63. The Morgan fingerprint density at radius 1 is 1.12 bits per heavy atom. The molecule has 14 heteroatoms. The van der Waals surface area contributed by atoms with Crippen LogP contribution in [0, 0.1) is 5.41 Å². The Balaban J connectivity index is 0.00000385. The number of aromatic nitrogens is 4. The Bertz CT molecular complexity index is 1280. The van der Waals surface area contributed by atoms with Crippen LogP contribution in [0.1, 0.15) is 31.2 Å². The van der Waals surface area contributed by atoms with E-state index in [1.807, 2.05) is 6.92 Å². The van der Waals surface area contributed by atoms with Crippen LogP contribution in [0.5, 0.6) is 11.6 Å². The molecule has 32 heavy (non-hydrogen) atoms. The molecule has 0 fully saturated rings. The lowest BCUT2D eigenvalue weighted by Gasteiger charge is -2.40. The molecule has 0 spiro atoms. The van der Waals surface area contributed by atoms with Gasteiger partial charge in [-0.2, -0.15) is 4.52 Å². The summed E-state index contributed by atoms with van der Waals surface area (Å²) in [5.74, 6) is -1.30. The lowest BCUT2D eigenvalue weighted by molar-refractivity contribution is 0.0965. The van der Waals surface area contributed by atoms with Gasteiger partial charge in [-0.15, -0.1) is 10.2 Å². The van der Waals surface area contributed by atoms with Gasteiger partial charge in [-0.1, -0.05) is 26.4 Å². The monoisotopic (exact) mass is 483 g/mol. The summed E-state index contributed by atoms with van der Waals surface area (Å²) < 4.78 is 78.5. The highest BCUT2D eigenvalue weighted by atomic mass is 32.5. The molecule has 3 rings (SSSR count). The molecule has 0 bridgehead atoms. The van der Waals surface area contributed by atoms with E-state index in [4.69, 9.17) is 10.1 Å². The fourth-order valence-electron chi connectivity index (χ4n) is 2.94. The molecule has 0 aliphatic carbocycles. The number of rotatable bonds is 8. The van der Waals surface area contributed by atoms with Crippen LogP contribution >= 0.6 is 10.2 Å². The van der Waals surface area contributed by atoms with E-state index in [0.29, 0.717) is 18.6 Å². The van der Waals surface area contributed by atoms with E-state index in [9.17, 15) is 24.2 Å². The molecule has 0 saturated carbocycles. The lowest BCUT2D eigenvalue weighted by atomic mass is 10.1. The molecule has 0 amide bonds. The predicted molar refractivity (Wildman–Crippen MR) is 108 cm³/mol. The summed E-state index contributed by atoms with van der Waals surface area (Å²) in [4.78, 5) is 10.4. The first-order valence-corrected chi connectivity index (χ1v) is 11.3. The number of halogens is 5. The lowest BCUT2D eigenvalue weighted by Crippen LogP contribution is -2.26. The molecule has 0 atom stereocenters. The second-order valence-electron chi connectivity index (χ2n) is 6.80. The predicted octanol–water partition coefficient (Wildman–Crippen LogP) is 4.77. The van der Waals surface area contributed by atoms with Crippen molar-refractivity contribution >= 4 is 21.7 Å². The second kappa shape index (κ2) is 7.18. The van der Waals surface area contributed by atoms with Gasteiger partial charge in [0.1, 0.15) is 17.2 Å². The molecule has 8 nitrogen and oxygen atoms in total. The quantitative estimate of drug-likeness (QED) is 0.368. The summed E-state index contributed by atoms with van der Waals surface area (Å²) in [5, 5.41) is 16.5. The number of hydrogen-bond donors (Lipinski definition) is 1. The zero-order valence-electron chi connectivity index (χ0n) is 17.2. The van der Waals surface area contributed by atoms with Crippen LogP contribution in [0.25, 0.3) is 5.65 Å². The Kier molecular flexibility index (Phi) is 5.28. The zero-order chi connectivity index (χ0) is 24.0. The smallest absolute Gasteiger partial charge is 0.310 e. The number of fused-ring (bicyclic) bond motifs is 1. The minimum Gasteiger partial charge on any atom is -0.497 e. The molecular weight excluding hydrogens is 461 g/mol. The maximum absolute atomic E-state index is 13.3. The van der Waals surface area contributed by atoms with Gasteiger partial charge < -0.3 is 9.47 Å². The van der Waals surface area contributed by atoms with E-state index in [2.05, 4.69) is 14.9 Å². The van der Waals surface area contributed by atoms with Gasteiger partial charge in [-0.05, 0) is 25.5 Å². The van der Waals surface area contributed by atoms with Gasteiger partial charge in [-0.25, -0.2) is 4.68 Å². The van der Waals surface area contributed by atoms with Crippen molar-refractivity contribution in [1.82, 2.24) is 19.4 Å². The van der Waals surface area contributed by atoms with Gasteiger partial charge >= 0.3 is 10.2 Å². The molecule has 2 heterocycles. The number of ketones is 1. The van der Waals surface area contributed by atoms with Crippen LogP contribution < -0.4 is 15.1 Å². The van der Waals surface area contributed by atoms with Crippen LogP contribution in [0.2, 0.25) is 0 Å². The third kappa shape index (κ3) is 4.69. The van der Waals surface area contributed by atoms with Crippen molar-refractivity contribution in [2.75, 3.05) is 13.7 Å². The van der Waals surface area contributed by atoms with Crippen LogP contribution in [0.4, 0.5) is 19.4 Å². The first-order chi connectivity index (χ1) is 14.7. The van der Waals surface area contributed by atoms with E-state index in [1.165, 1.54) is 0 Å². The Morgan fingerprint density at radius 2 is 1.81 bits per heavy atom. The van der Waals surface area contributed by atoms with Crippen molar-refractivity contribution in [2.24, 2.45) is 0 Å². The van der Waals surface area contributed by atoms with E-state index in [0.717, 1.165) is 22.4 Å². The number of hydrogen-bond acceptors (Lipinski definition) is 6. The second-order valence-corrected chi connectivity index (χ2v) is 9.21. The molecule has 178 valence electrons. The van der Waals surface area contributed by atoms with Crippen molar-refractivity contribution in [1.29, 1.82) is 5.41 Å². The largest absolute Gasteiger partial charge is 0.497 e. The standard InChI is InChI=1S/C18H20F5N5O3S.H2/c1-4-11-8-16(31-5-2)25-28-17(11)26-27(18(28)24)10-15(29)12-6-13(30-3)9-14(7-12)32(19,20,21,22)23;/h6-9,24H,4-5,10H2,1-3H3;1H. The Hall–Kier alpha value is -3.16. The van der Waals surface area contributed by atoms with Crippen molar-refractivity contribution in [3.8, 4) is 11.6 Å². The molecule has 0 saturated heterocycles. The van der Waals surface area contributed by atoms with E-state index >= 15 is 0 Å². The summed E-state index contributed by atoms with van der Waals surface area (Å²) in [7, 11) is -9.06. The molecule has 3 aromatic rings. The van der Waals surface area contributed by atoms with Gasteiger partial charge in [0.15, 0.2) is 11.4 Å². The number of carbonyl (C=O) groups is 1. The van der Waals surface area contributed by atoms with Crippen LogP contribution in [-0.2, 0) is 13.0 Å². The Morgan fingerprint density at radius 3 is 2.38 bits per heavy atom. The minimum absolute atomic E-state index is 0. The van der Waals surface area contributed by atoms with E-state index < -0.39 is 38.8 Å². The first kappa shape index (κ1) is 23.5. The summed E-state index contributed by atoms with van der Waals surface area (Å²) in [6, 6.07) is 2.76. The molecule has 1 aromatic carbocycles. The number of Topliss-reactive ketones (excluding diaryl/α,β-unsaturated/α-hetero) is 1. The van der Waals surface area contributed by atoms with E-state index in [-0.39, 0.29) is 30.7 Å².